The number of hydrogen-bond donors (Lipinski definition) is 0. The Morgan fingerprint density at radius 2 is 0.978 bits per heavy atom. The summed E-state index contributed by atoms with van der Waals surface area (Å²) in [5.74, 6) is 3.29. The molecule has 0 fully saturated rings. The summed E-state index contributed by atoms with van der Waals surface area (Å²) in [5.41, 5.74) is 12.2. The number of fused-ring (bicyclic) bond motifs is 6. The van der Waals surface area contributed by atoms with Crippen LogP contribution in [-0.2, 0) is 10.8 Å². The molecular weight excluding hydrogens is 561 g/mol. The maximum absolute atomic E-state index is 7.04. The number of nitrogens with zero attached hydrogens (tertiary/aromatic N) is 1. The summed E-state index contributed by atoms with van der Waals surface area (Å²) in [6.45, 7) is 9.66. The average Bonchev–Trinajstić information content (AvgIpc) is 3.07. The van der Waals surface area contributed by atoms with Crippen LogP contribution in [0, 0.1) is 0 Å². The zero-order valence-electron chi connectivity index (χ0n) is 26.5. The van der Waals surface area contributed by atoms with Gasteiger partial charge < -0.3 is 9.47 Å². The monoisotopic (exact) mass is 595 g/mol. The van der Waals surface area contributed by atoms with Gasteiger partial charge in [0.1, 0.15) is 5.75 Å². The van der Waals surface area contributed by atoms with Crippen LogP contribution < -0.4 is 30.8 Å². The first-order valence-corrected chi connectivity index (χ1v) is 16.1. The lowest BCUT2D eigenvalue weighted by Gasteiger charge is -2.46. The molecule has 3 aliphatic heterocycles. The molecule has 4 heteroatoms. The zero-order chi connectivity index (χ0) is 31.2. The van der Waals surface area contributed by atoms with E-state index in [1.54, 1.807) is 0 Å². The molecule has 0 aromatic heterocycles. The zero-order valence-corrected chi connectivity index (χ0v) is 26.5. The lowest BCUT2D eigenvalue weighted by molar-refractivity contribution is 0.470. The minimum Gasteiger partial charge on any atom is -0.455 e. The van der Waals surface area contributed by atoms with E-state index in [4.69, 9.17) is 9.47 Å². The molecule has 0 atom stereocenters. The minimum atomic E-state index is -0.194. The van der Waals surface area contributed by atoms with Crippen molar-refractivity contribution in [2.75, 3.05) is 4.90 Å². The molecule has 6 aromatic carbocycles. The fourth-order valence-corrected chi connectivity index (χ4v) is 8.25. The van der Waals surface area contributed by atoms with E-state index in [1.807, 2.05) is 24.3 Å². The Balaban J connectivity index is 1.24. The number of hydrogen-bond acceptors (Lipinski definition) is 3. The molecule has 0 amide bonds. The SMILES string of the molecule is CC1(C)c2ccccc2B2c3ccccc3C(C)(C)c3cc(Oc4ccccc4N4c5ccccc5Oc5ccccc54)cc1c32. The molecule has 3 aliphatic rings. The largest absolute Gasteiger partial charge is 0.455 e. The van der Waals surface area contributed by atoms with Gasteiger partial charge in [-0.2, -0.15) is 0 Å². The molecular formula is C42H34BNO2. The molecule has 6 aromatic rings. The van der Waals surface area contributed by atoms with E-state index in [0.29, 0.717) is 0 Å². The maximum Gasteiger partial charge on any atom is 0.242 e. The van der Waals surface area contributed by atoms with E-state index in [2.05, 4.69) is 142 Å². The van der Waals surface area contributed by atoms with Gasteiger partial charge in [0.25, 0.3) is 0 Å². The van der Waals surface area contributed by atoms with Crippen LogP contribution in [0.3, 0.4) is 0 Å². The summed E-state index contributed by atoms with van der Waals surface area (Å²) in [6, 6.07) is 47.4. The third kappa shape index (κ3) is 3.73. The summed E-state index contributed by atoms with van der Waals surface area (Å²) in [7, 11) is 0. The van der Waals surface area contributed by atoms with Crippen molar-refractivity contribution in [2.45, 2.75) is 38.5 Å². The number of rotatable bonds is 3. The Hall–Kier alpha value is -5.22. The van der Waals surface area contributed by atoms with Crippen molar-refractivity contribution >= 4 is 40.2 Å². The standard InChI is InChI=1S/C42H34BNO2/c1-41(2)28-15-5-7-17-32(28)43-33-18-8-6-16-29(33)42(3,4)31-26-27(25-30(41)40(31)43)45-37-22-12-9-19-34(37)44-35-20-10-13-23-38(35)46-39-24-14-11-21-36(39)44/h5-26H,1-4H3. The van der Waals surface area contributed by atoms with E-state index < -0.39 is 0 Å². The van der Waals surface area contributed by atoms with Crippen LogP contribution in [0.4, 0.5) is 17.1 Å². The smallest absolute Gasteiger partial charge is 0.242 e. The Morgan fingerprint density at radius 3 is 1.54 bits per heavy atom. The van der Waals surface area contributed by atoms with Gasteiger partial charge in [-0.25, -0.2) is 0 Å². The van der Waals surface area contributed by atoms with Gasteiger partial charge in [-0.3, -0.25) is 4.90 Å². The van der Waals surface area contributed by atoms with Gasteiger partial charge in [0, 0.05) is 10.8 Å². The van der Waals surface area contributed by atoms with Crippen molar-refractivity contribution < 1.29 is 9.47 Å². The predicted octanol–water partition coefficient (Wildman–Crippen LogP) is 8.85. The summed E-state index contributed by atoms with van der Waals surface area (Å²) in [6.07, 6.45) is 0. The van der Waals surface area contributed by atoms with E-state index >= 15 is 0 Å². The molecule has 0 unspecified atom stereocenters. The summed E-state index contributed by atoms with van der Waals surface area (Å²) < 4.78 is 13.4. The Kier molecular flexibility index (Phi) is 5.69. The molecule has 0 saturated carbocycles. The van der Waals surface area contributed by atoms with Gasteiger partial charge >= 0.3 is 0 Å². The van der Waals surface area contributed by atoms with Crippen molar-refractivity contribution in [3.05, 3.63) is 156 Å². The van der Waals surface area contributed by atoms with Gasteiger partial charge in [-0.1, -0.05) is 129 Å². The van der Waals surface area contributed by atoms with Crippen molar-refractivity contribution in [1.29, 1.82) is 0 Å². The highest BCUT2D eigenvalue weighted by atomic mass is 16.5. The van der Waals surface area contributed by atoms with Crippen molar-refractivity contribution in [2.24, 2.45) is 0 Å². The molecule has 0 radical (unpaired) electrons. The maximum atomic E-state index is 7.04. The van der Waals surface area contributed by atoms with Crippen LogP contribution in [0.15, 0.2) is 133 Å². The molecule has 3 heterocycles. The van der Waals surface area contributed by atoms with Crippen molar-refractivity contribution in [3.8, 4) is 23.0 Å². The molecule has 222 valence electrons. The van der Waals surface area contributed by atoms with Crippen LogP contribution in [0.2, 0.25) is 0 Å². The minimum absolute atomic E-state index is 0.194. The first-order valence-electron chi connectivity index (χ1n) is 16.1. The van der Waals surface area contributed by atoms with Crippen LogP contribution in [0.25, 0.3) is 0 Å². The Morgan fingerprint density at radius 1 is 0.522 bits per heavy atom. The third-order valence-corrected chi connectivity index (χ3v) is 10.4. The number of para-hydroxylation sites is 6. The average molecular weight is 596 g/mol. The fourth-order valence-electron chi connectivity index (χ4n) is 8.25. The summed E-state index contributed by atoms with van der Waals surface area (Å²) in [4.78, 5) is 2.25. The van der Waals surface area contributed by atoms with Gasteiger partial charge in [-0.05, 0) is 70.8 Å². The molecule has 3 nitrogen and oxygen atoms in total. The first-order chi connectivity index (χ1) is 22.3. The Labute approximate surface area is 271 Å². The molecule has 46 heavy (non-hydrogen) atoms. The van der Waals surface area contributed by atoms with E-state index in [1.165, 1.54) is 38.6 Å². The van der Waals surface area contributed by atoms with Crippen LogP contribution in [0.1, 0.15) is 49.9 Å². The topological polar surface area (TPSA) is 21.7 Å². The molecule has 0 spiro atoms. The number of ether oxygens (including phenoxy) is 2. The second kappa shape index (κ2) is 9.64. The van der Waals surface area contributed by atoms with Crippen LogP contribution in [-0.4, -0.2) is 6.71 Å². The second-order valence-electron chi connectivity index (χ2n) is 13.7. The highest BCUT2D eigenvalue weighted by molar-refractivity contribution is 6.97. The second-order valence-corrected chi connectivity index (χ2v) is 13.7. The fraction of sp³-hybridized carbons (Fsp3) is 0.143. The normalized spacial score (nSPS) is 15.8. The molecule has 0 N–H and O–H groups in total. The summed E-state index contributed by atoms with van der Waals surface area (Å²) >= 11 is 0. The first kappa shape index (κ1) is 27.1. The lowest BCUT2D eigenvalue weighted by atomic mass is 9.27. The van der Waals surface area contributed by atoms with Gasteiger partial charge in [0.05, 0.1) is 17.1 Å². The van der Waals surface area contributed by atoms with E-state index in [0.717, 1.165) is 40.1 Å². The molecule has 0 aliphatic carbocycles. The third-order valence-electron chi connectivity index (χ3n) is 10.4. The highest BCUT2D eigenvalue weighted by Gasteiger charge is 2.48. The quantitative estimate of drug-likeness (QED) is 0.191. The van der Waals surface area contributed by atoms with E-state index in [-0.39, 0.29) is 17.5 Å². The molecule has 9 rings (SSSR count). The predicted molar refractivity (Wildman–Crippen MR) is 190 cm³/mol. The molecule has 0 bridgehead atoms. The van der Waals surface area contributed by atoms with Crippen molar-refractivity contribution in [3.63, 3.8) is 0 Å². The number of anilines is 3. The Bertz CT molecular complexity index is 2070. The highest BCUT2D eigenvalue weighted by Crippen LogP contribution is 2.53. The van der Waals surface area contributed by atoms with Crippen LogP contribution in [0.5, 0.6) is 23.0 Å². The summed E-state index contributed by atoms with van der Waals surface area (Å²) in [5, 5.41) is 0. The van der Waals surface area contributed by atoms with Gasteiger partial charge in [-0.15, -0.1) is 0 Å². The van der Waals surface area contributed by atoms with E-state index in [9.17, 15) is 0 Å². The lowest BCUT2D eigenvalue weighted by Crippen LogP contribution is -2.66. The van der Waals surface area contributed by atoms with Gasteiger partial charge in [0.15, 0.2) is 17.2 Å². The number of benzene rings is 6. The van der Waals surface area contributed by atoms with Crippen molar-refractivity contribution in [1.82, 2.24) is 0 Å². The van der Waals surface area contributed by atoms with Gasteiger partial charge in [0.2, 0.25) is 6.71 Å². The molecule has 0 saturated heterocycles. The van der Waals surface area contributed by atoms with Crippen LogP contribution >= 0.6 is 0 Å².